The number of hydrogen-bond acceptors (Lipinski definition) is 7. The van der Waals surface area contributed by atoms with Crippen molar-refractivity contribution in [2.75, 3.05) is 11.9 Å². The average molecular weight is 441 g/mol. The molecule has 4 rings (SSSR count). The van der Waals surface area contributed by atoms with Crippen molar-refractivity contribution in [2.45, 2.75) is 26.8 Å². The highest BCUT2D eigenvalue weighted by Gasteiger charge is 2.17. The van der Waals surface area contributed by atoms with Gasteiger partial charge in [0.2, 0.25) is 0 Å². The van der Waals surface area contributed by atoms with Crippen molar-refractivity contribution in [3.05, 3.63) is 52.5 Å². The first-order valence-electron chi connectivity index (χ1n) is 9.54. The molecule has 9 heteroatoms. The molecule has 1 aromatic carbocycles. The Bertz CT molecular complexity index is 1210. The molecule has 0 unspecified atom stereocenters. The summed E-state index contributed by atoms with van der Waals surface area (Å²) < 4.78 is 7.11. The number of fused-ring (bicyclic) bond motifs is 1. The molecule has 0 saturated heterocycles. The fourth-order valence-corrected chi connectivity index (χ4v) is 4.72. The highest BCUT2D eigenvalue weighted by atomic mass is 32.1. The number of carbonyl (C=O) groups is 2. The highest BCUT2D eigenvalue weighted by Crippen LogP contribution is 2.30. The maximum atomic E-state index is 12.6. The lowest BCUT2D eigenvalue weighted by Gasteiger charge is -2.05. The van der Waals surface area contributed by atoms with Gasteiger partial charge in [-0.05, 0) is 26.0 Å². The molecule has 0 saturated carbocycles. The Morgan fingerprint density at radius 3 is 2.77 bits per heavy atom. The summed E-state index contributed by atoms with van der Waals surface area (Å²) in [5, 5.41) is 8.60. The van der Waals surface area contributed by atoms with Gasteiger partial charge >= 0.3 is 5.97 Å². The molecule has 0 fully saturated rings. The first kappa shape index (κ1) is 20.2. The lowest BCUT2D eigenvalue weighted by atomic mass is 10.2. The van der Waals surface area contributed by atoms with Gasteiger partial charge in [0, 0.05) is 28.2 Å². The summed E-state index contributed by atoms with van der Waals surface area (Å²) in [6.07, 6.45) is 0.0859. The van der Waals surface area contributed by atoms with Gasteiger partial charge in [-0.25, -0.2) is 9.97 Å². The molecule has 0 atom stereocenters. The fourth-order valence-electron chi connectivity index (χ4n) is 3.19. The van der Waals surface area contributed by atoms with Crippen LogP contribution in [0.5, 0.6) is 0 Å². The van der Waals surface area contributed by atoms with E-state index < -0.39 is 0 Å². The van der Waals surface area contributed by atoms with Crippen molar-refractivity contribution in [2.24, 2.45) is 0 Å². The lowest BCUT2D eigenvalue weighted by Crippen LogP contribution is -2.12. The van der Waals surface area contributed by atoms with Crippen molar-refractivity contribution in [3.63, 3.8) is 0 Å². The van der Waals surface area contributed by atoms with Gasteiger partial charge < -0.3 is 9.30 Å². The van der Waals surface area contributed by atoms with Crippen molar-refractivity contribution in [1.82, 2.24) is 14.5 Å². The quantitative estimate of drug-likeness (QED) is 0.425. The van der Waals surface area contributed by atoms with Crippen molar-refractivity contribution < 1.29 is 14.3 Å². The van der Waals surface area contributed by atoms with Gasteiger partial charge in [0.1, 0.15) is 10.7 Å². The van der Waals surface area contributed by atoms with E-state index in [0.717, 1.165) is 28.1 Å². The Morgan fingerprint density at radius 2 is 1.97 bits per heavy atom. The van der Waals surface area contributed by atoms with E-state index in [1.807, 2.05) is 12.1 Å². The highest BCUT2D eigenvalue weighted by molar-refractivity contribution is 7.14. The van der Waals surface area contributed by atoms with Gasteiger partial charge in [0.15, 0.2) is 5.13 Å². The van der Waals surface area contributed by atoms with Crippen LogP contribution in [0.4, 0.5) is 5.13 Å². The van der Waals surface area contributed by atoms with E-state index in [0.29, 0.717) is 23.1 Å². The maximum absolute atomic E-state index is 12.6. The molecule has 0 aliphatic carbocycles. The fraction of sp³-hybridized carbons (Fsp3) is 0.238. The van der Waals surface area contributed by atoms with Crippen LogP contribution in [0, 0.1) is 0 Å². The number of nitrogens with zero attached hydrogens (tertiary/aromatic N) is 3. The molecule has 1 N–H and O–H groups in total. The molecule has 3 heterocycles. The van der Waals surface area contributed by atoms with E-state index in [1.165, 1.54) is 22.7 Å². The summed E-state index contributed by atoms with van der Waals surface area (Å²) >= 11 is 2.70. The standard InChI is InChI=1S/C21H20N4O3S2/c1-3-25-16-8-6-5-7-13(16)9-17(25)20-23-15(12-29-20)19(27)24-21-22-14(11-30-21)10-18(26)28-4-2/h5-9,11-12H,3-4,10H2,1-2H3,(H,22,24,27). The zero-order valence-corrected chi connectivity index (χ0v) is 18.2. The first-order valence-corrected chi connectivity index (χ1v) is 11.3. The van der Waals surface area contributed by atoms with Crippen LogP contribution < -0.4 is 5.32 Å². The Kier molecular flexibility index (Phi) is 5.91. The van der Waals surface area contributed by atoms with Crippen LogP contribution in [-0.4, -0.2) is 33.0 Å². The predicted octanol–water partition coefficient (Wildman–Crippen LogP) is 4.60. The third-order valence-electron chi connectivity index (χ3n) is 4.49. The Morgan fingerprint density at radius 1 is 1.13 bits per heavy atom. The molecule has 0 radical (unpaired) electrons. The van der Waals surface area contributed by atoms with Gasteiger partial charge in [-0.1, -0.05) is 18.2 Å². The van der Waals surface area contributed by atoms with E-state index in [1.54, 1.807) is 17.7 Å². The Balaban J connectivity index is 1.50. The summed E-state index contributed by atoms with van der Waals surface area (Å²) in [7, 11) is 0. The molecule has 0 aliphatic rings. The zero-order chi connectivity index (χ0) is 21.1. The first-order chi connectivity index (χ1) is 14.6. The summed E-state index contributed by atoms with van der Waals surface area (Å²) in [5.41, 5.74) is 3.05. The minimum Gasteiger partial charge on any atom is -0.466 e. The molecule has 0 aliphatic heterocycles. The van der Waals surface area contributed by atoms with E-state index in [2.05, 4.69) is 45.0 Å². The van der Waals surface area contributed by atoms with Gasteiger partial charge in [0.25, 0.3) is 5.91 Å². The molecule has 0 bridgehead atoms. The molecule has 7 nitrogen and oxygen atoms in total. The summed E-state index contributed by atoms with van der Waals surface area (Å²) in [6, 6.07) is 10.3. The van der Waals surface area contributed by atoms with Crippen LogP contribution in [0.2, 0.25) is 0 Å². The van der Waals surface area contributed by atoms with Crippen LogP contribution in [-0.2, 0) is 22.5 Å². The number of benzene rings is 1. The maximum Gasteiger partial charge on any atom is 0.311 e. The smallest absolute Gasteiger partial charge is 0.311 e. The second kappa shape index (κ2) is 8.76. The second-order valence-corrected chi connectivity index (χ2v) is 8.17. The van der Waals surface area contributed by atoms with Crippen molar-refractivity contribution >= 4 is 50.6 Å². The molecule has 0 spiro atoms. The van der Waals surface area contributed by atoms with Crippen LogP contribution in [0.25, 0.3) is 21.6 Å². The van der Waals surface area contributed by atoms with Gasteiger partial charge in [0.05, 0.1) is 24.4 Å². The molecule has 4 aromatic rings. The largest absolute Gasteiger partial charge is 0.466 e. The van der Waals surface area contributed by atoms with Crippen molar-refractivity contribution in [3.8, 4) is 10.7 Å². The monoisotopic (exact) mass is 440 g/mol. The van der Waals surface area contributed by atoms with E-state index in [9.17, 15) is 9.59 Å². The van der Waals surface area contributed by atoms with Crippen molar-refractivity contribution in [1.29, 1.82) is 0 Å². The predicted molar refractivity (Wildman–Crippen MR) is 119 cm³/mol. The van der Waals surface area contributed by atoms with Crippen LogP contribution in [0.3, 0.4) is 0 Å². The van der Waals surface area contributed by atoms with Gasteiger partial charge in [-0.2, -0.15) is 0 Å². The second-order valence-electron chi connectivity index (χ2n) is 6.45. The number of rotatable bonds is 7. The van der Waals surface area contributed by atoms with E-state index in [4.69, 9.17) is 4.74 Å². The third-order valence-corrected chi connectivity index (χ3v) is 6.16. The Labute approximate surface area is 181 Å². The third kappa shape index (κ3) is 4.12. The van der Waals surface area contributed by atoms with E-state index in [-0.39, 0.29) is 18.3 Å². The number of carbonyl (C=O) groups excluding carboxylic acids is 2. The summed E-state index contributed by atoms with van der Waals surface area (Å²) in [5.74, 6) is -0.662. The molecule has 30 heavy (non-hydrogen) atoms. The molecular weight excluding hydrogens is 420 g/mol. The van der Waals surface area contributed by atoms with Crippen LogP contribution in [0.1, 0.15) is 30.0 Å². The normalized spacial score (nSPS) is 11.0. The number of anilines is 1. The van der Waals surface area contributed by atoms with Gasteiger partial charge in [-0.15, -0.1) is 22.7 Å². The zero-order valence-electron chi connectivity index (χ0n) is 16.5. The number of para-hydroxylation sites is 1. The molecule has 154 valence electrons. The topological polar surface area (TPSA) is 86.1 Å². The molecule has 1 amide bonds. The number of hydrogen-bond donors (Lipinski definition) is 1. The lowest BCUT2D eigenvalue weighted by molar-refractivity contribution is -0.142. The average Bonchev–Trinajstić information content (AvgIpc) is 3.46. The number of nitrogens with one attached hydrogen (secondary N) is 1. The SMILES string of the molecule is CCOC(=O)Cc1csc(NC(=O)c2csc(-c3cc4ccccc4n3CC)n2)n1. The number of esters is 1. The summed E-state index contributed by atoms with van der Waals surface area (Å²) in [6.45, 7) is 4.99. The minimum absolute atomic E-state index is 0.0859. The number of aryl methyl sites for hydroxylation is 1. The number of thiazole rings is 2. The minimum atomic E-state index is -0.337. The molecule has 3 aromatic heterocycles. The molecular formula is C21H20N4O3S2. The summed E-state index contributed by atoms with van der Waals surface area (Å²) in [4.78, 5) is 33.0. The van der Waals surface area contributed by atoms with Crippen LogP contribution >= 0.6 is 22.7 Å². The van der Waals surface area contributed by atoms with Crippen LogP contribution in [0.15, 0.2) is 41.1 Å². The van der Waals surface area contributed by atoms with E-state index >= 15 is 0 Å². The number of ether oxygens (including phenoxy) is 1. The van der Waals surface area contributed by atoms with Gasteiger partial charge in [-0.3, -0.25) is 14.9 Å². The number of aromatic nitrogens is 3. The number of amides is 1. The Hall–Kier alpha value is -3.04.